The molecule has 0 spiro atoms. The van der Waals surface area contributed by atoms with E-state index >= 15 is 0 Å². The molecule has 1 rings (SSSR count). The van der Waals surface area contributed by atoms with E-state index in [2.05, 4.69) is 21.6 Å². The first-order valence-electron chi connectivity index (χ1n) is 2.03. The van der Waals surface area contributed by atoms with Crippen molar-refractivity contribution in [2.45, 2.75) is 0 Å². The second-order valence-electron chi connectivity index (χ2n) is 1.17. The predicted octanol–water partition coefficient (Wildman–Crippen LogP) is 0.0948. The summed E-state index contributed by atoms with van der Waals surface area (Å²) >= 11 is 0. The highest BCUT2D eigenvalue weighted by molar-refractivity contribution is 5.75. The lowest BCUT2D eigenvalue weighted by molar-refractivity contribution is 0.321. The Kier molecular flexibility index (Phi) is 1.27. The molecule has 2 N–H and O–H groups in total. The van der Waals surface area contributed by atoms with Crippen molar-refractivity contribution in [3.63, 3.8) is 0 Å². The summed E-state index contributed by atoms with van der Waals surface area (Å²) in [6.07, 6.45) is 3.84. The standard InChI is InChI=1S/C4H4N3O/c8-6-3-4-1-2-5-7-4/h1-2,8H,(H,5,7). The van der Waals surface area contributed by atoms with Crippen LogP contribution in [0.15, 0.2) is 17.4 Å². The average molecular weight is 110 g/mol. The van der Waals surface area contributed by atoms with Crippen molar-refractivity contribution in [1.82, 2.24) is 10.2 Å². The molecule has 0 aliphatic carbocycles. The molecule has 0 aromatic carbocycles. The van der Waals surface area contributed by atoms with Crippen LogP contribution in [0.5, 0.6) is 0 Å². The third-order valence-corrected chi connectivity index (χ3v) is 0.665. The minimum atomic E-state index is 0.493. The van der Waals surface area contributed by atoms with E-state index in [1.165, 1.54) is 0 Å². The van der Waals surface area contributed by atoms with E-state index in [0.29, 0.717) is 5.69 Å². The van der Waals surface area contributed by atoms with Crippen LogP contribution in [0.4, 0.5) is 0 Å². The summed E-state index contributed by atoms with van der Waals surface area (Å²) in [5, 5.41) is 16.7. The van der Waals surface area contributed by atoms with Gasteiger partial charge < -0.3 is 5.21 Å². The first kappa shape index (κ1) is 4.83. The third-order valence-electron chi connectivity index (χ3n) is 0.665. The highest BCUT2D eigenvalue weighted by Gasteiger charge is 1.85. The van der Waals surface area contributed by atoms with Crippen molar-refractivity contribution < 1.29 is 5.21 Å². The summed E-state index contributed by atoms with van der Waals surface area (Å²) in [5.74, 6) is 0. The van der Waals surface area contributed by atoms with E-state index in [1.54, 1.807) is 12.3 Å². The number of nitrogens with one attached hydrogen (secondary N) is 1. The van der Waals surface area contributed by atoms with Gasteiger partial charge in [-0.15, -0.1) is 0 Å². The normalized spacial score (nSPS) is 10.5. The molecule has 8 heavy (non-hydrogen) atoms. The van der Waals surface area contributed by atoms with Crippen molar-refractivity contribution in [3.8, 4) is 0 Å². The zero-order valence-corrected chi connectivity index (χ0v) is 4.00. The van der Waals surface area contributed by atoms with Gasteiger partial charge in [0.05, 0.1) is 0 Å². The van der Waals surface area contributed by atoms with Crippen LogP contribution in [-0.2, 0) is 0 Å². The van der Waals surface area contributed by atoms with E-state index in [9.17, 15) is 0 Å². The number of rotatable bonds is 1. The van der Waals surface area contributed by atoms with Crippen molar-refractivity contribution in [3.05, 3.63) is 18.0 Å². The molecule has 1 aromatic rings. The molecule has 4 nitrogen and oxygen atoms in total. The molecule has 0 atom stereocenters. The minimum absolute atomic E-state index is 0.493. The molecular formula is C4H4N3O. The van der Waals surface area contributed by atoms with Gasteiger partial charge >= 0.3 is 0 Å². The SMILES string of the molecule is ON=[C]c1cc[nH]n1. The second kappa shape index (κ2) is 2.11. The first-order chi connectivity index (χ1) is 3.93. The minimum Gasteiger partial charge on any atom is -0.410 e. The molecule has 0 saturated carbocycles. The Hall–Kier alpha value is -1.32. The monoisotopic (exact) mass is 110 g/mol. The summed E-state index contributed by atoms with van der Waals surface area (Å²) in [6.45, 7) is 0. The van der Waals surface area contributed by atoms with Gasteiger partial charge in [-0.3, -0.25) is 5.10 Å². The largest absolute Gasteiger partial charge is 0.410 e. The lowest BCUT2D eigenvalue weighted by Gasteiger charge is -1.70. The van der Waals surface area contributed by atoms with Crippen molar-refractivity contribution in [1.29, 1.82) is 0 Å². The maximum atomic E-state index is 7.90. The maximum absolute atomic E-state index is 7.90. The van der Waals surface area contributed by atoms with Gasteiger partial charge in [-0.25, -0.2) is 0 Å². The Bertz CT molecular complexity index is 167. The Morgan fingerprint density at radius 2 is 2.75 bits per heavy atom. The van der Waals surface area contributed by atoms with Crippen molar-refractivity contribution >= 4 is 6.21 Å². The highest BCUT2D eigenvalue weighted by Crippen LogP contribution is 1.83. The number of aromatic nitrogens is 2. The summed E-state index contributed by atoms with van der Waals surface area (Å²) in [5.41, 5.74) is 0.493. The van der Waals surface area contributed by atoms with Crippen LogP contribution < -0.4 is 0 Å². The summed E-state index contributed by atoms with van der Waals surface area (Å²) < 4.78 is 0. The van der Waals surface area contributed by atoms with Gasteiger partial charge in [0.2, 0.25) is 0 Å². The topological polar surface area (TPSA) is 61.3 Å². The number of hydrogen-bond donors (Lipinski definition) is 2. The van der Waals surface area contributed by atoms with Gasteiger partial charge in [-0.2, -0.15) is 5.10 Å². The van der Waals surface area contributed by atoms with Gasteiger partial charge in [0.25, 0.3) is 0 Å². The van der Waals surface area contributed by atoms with E-state index < -0.39 is 0 Å². The second-order valence-corrected chi connectivity index (χ2v) is 1.17. The highest BCUT2D eigenvalue weighted by atomic mass is 16.4. The van der Waals surface area contributed by atoms with E-state index in [4.69, 9.17) is 5.21 Å². The Morgan fingerprint density at radius 3 is 3.25 bits per heavy atom. The summed E-state index contributed by atoms with van der Waals surface area (Å²) in [6, 6.07) is 1.64. The van der Waals surface area contributed by atoms with E-state index in [-0.39, 0.29) is 0 Å². The quantitative estimate of drug-likeness (QED) is 0.306. The van der Waals surface area contributed by atoms with Gasteiger partial charge in [-0.1, -0.05) is 5.16 Å². The van der Waals surface area contributed by atoms with Crippen molar-refractivity contribution in [2.75, 3.05) is 0 Å². The Labute approximate surface area is 45.8 Å². The molecule has 1 heterocycles. The first-order valence-corrected chi connectivity index (χ1v) is 2.03. The van der Waals surface area contributed by atoms with Gasteiger partial charge in [0.15, 0.2) is 6.21 Å². The zero-order valence-electron chi connectivity index (χ0n) is 4.00. The molecule has 0 saturated heterocycles. The van der Waals surface area contributed by atoms with Crippen LogP contribution in [0, 0.1) is 0 Å². The lowest BCUT2D eigenvalue weighted by atomic mass is 10.5. The number of aromatic amines is 1. The molecule has 1 aromatic heterocycles. The lowest BCUT2D eigenvalue weighted by Crippen LogP contribution is -1.78. The Balaban J connectivity index is 2.77. The maximum Gasteiger partial charge on any atom is 0.161 e. The predicted molar refractivity (Wildman–Crippen MR) is 26.9 cm³/mol. The average Bonchev–Trinajstić information content (AvgIpc) is 2.19. The van der Waals surface area contributed by atoms with E-state index in [0.717, 1.165) is 0 Å². The molecular weight excluding hydrogens is 106 g/mol. The molecule has 4 heteroatoms. The third kappa shape index (κ3) is 0.841. The summed E-state index contributed by atoms with van der Waals surface area (Å²) in [4.78, 5) is 0. The van der Waals surface area contributed by atoms with Crippen LogP contribution >= 0.6 is 0 Å². The number of nitrogens with zero attached hydrogens (tertiary/aromatic N) is 2. The summed E-state index contributed by atoms with van der Waals surface area (Å²) in [7, 11) is 0. The molecule has 1 radical (unpaired) electrons. The van der Waals surface area contributed by atoms with Crippen LogP contribution in [0.25, 0.3) is 0 Å². The fourth-order valence-corrected chi connectivity index (χ4v) is 0.374. The van der Waals surface area contributed by atoms with Crippen LogP contribution in [0.1, 0.15) is 5.69 Å². The van der Waals surface area contributed by atoms with Gasteiger partial charge in [0.1, 0.15) is 5.69 Å². The van der Waals surface area contributed by atoms with Gasteiger partial charge in [0, 0.05) is 6.20 Å². The molecule has 0 aliphatic rings. The molecule has 0 fully saturated rings. The number of hydrogen-bond acceptors (Lipinski definition) is 3. The Morgan fingerprint density at radius 1 is 1.88 bits per heavy atom. The number of H-pyrrole nitrogens is 1. The fourth-order valence-electron chi connectivity index (χ4n) is 0.374. The zero-order chi connectivity index (χ0) is 5.82. The van der Waals surface area contributed by atoms with Gasteiger partial charge in [-0.05, 0) is 6.07 Å². The van der Waals surface area contributed by atoms with Crippen molar-refractivity contribution in [2.24, 2.45) is 5.16 Å². The smallest absolute Gasteiger partial charge is 0.161 e. The van der Waals surface area contributed by atoms with Crippen LogP contribution in [-0.4, -0.2) is 21.6 Å². The molecule has 0 aliphatic heterocycles. The molecule has 41 valence electrons. The molecule has 0 amide bonds. The van der Waals surface area contributed by atoms with Crippen LogP contribution in [0.2, 0.25) is 0 Å². The molecule has 0 unspecified atom stereocenters. The fraction of sp³-hybridized carbons (Fsp3) is 0. The van der Waals surface area contributed by atoms with E-state index in [1.807, 2.05) is 0 Å². The molecule has 0 bridgehead atoms. The van der Waals surface area contributed by atoms with Crippen LogP contribution in [0.3, 0.4) is 0 Å².